The van der Waals surface area contributed by atoms with Crippen LogP contribution in [-0.2, 0) is 6.42 Å². The molecule has 0 fully saturated rings. The molecule has 0 saturated heterocycles. The van der Waals surface area contributed by atoms with Crippen molar-refractivity contribution in [3.8, 4) is 5.75 Å². The molecule has 0 aliphatic heterocycles. The molecule has 0 aliphatic carbocycles. The predicted molar refractivity (Wildman–Crippen MR) is 73.7 cm³/mol. The number of hydrogen-bond acceptors (Lipinski definition) is 2. The molecular weight excluding hydrogens is 210 g/mol. The summed E-state index contributed by atoms with van der Waals surface area (Å²) in [7, 11) is 0. The monoisotopic (exact) mass is 235 g/mol. The molecule has 1 aromatic carbocycles. The van der Waals surface area contributed by atoms with Gasteiger partial charge in [0.25, 0.3) is 0 Å². The van der Waals surface area contributed by atoms with Gasteiger partial charge >= 0.3 is 0 Å². The zero-order chi connectivity index (χ0) is 12.7. The Bertz CT molecular complexity index is 305. The minimum atomic E-state index is 0.242. The summed E-state index contributed by atoms with van der Waals surface area (Å²) in [6.45, 7) is 9.51. The minimum absolute atomic E-state index is 0.242. The van der Waals surface area contributed by atoms with Gasteiger partial charge in [-0.2, -0.15) is 0 Å². The van der Waals surface area contributed by atoms with Gasteiger partial charge in [0.15, 0.2) is 0 Å². The van der Waals surface area contributed by atoms with Gasteiger partial charge < -0.3 is 10.1 Å². The fraction of sp³-hybridized carbons (Fsp3) is 0.600. The Kier molecular flexibility index (Phi) is 6.06. The van der Waals surface area contributed by atoms with E-state index in [9.17, 15) is 0 Å². The van der Waals surface area contributed by atoms with E-state index in [1.165, 1.54) is 5.56 Å². The van der Waals surface area contributed by atoms with Crippen LogP contribution >= 0.6 is 0 Å². The first-order chi connectivity index (χ1) is 8.15. The van der Waals surface area contributed by atoms with E-state index in [0.29, 0.717) is 6.04 Å². The summed E-state index contributed by atoms with van der Waals surface area (Å²) in [5.74, 6) is 0.959. The first-order valence-corrected chi connectivity index (χ1v) is 6.64. The molecule has 1 unspecified atom stereocenters. The van der Waals surface area contributed by atoms with E-state index in [2.05, 4.69) is 43.4 Å². The maximum absolute atomic E-state index is 5.63. The third-order valence-corrected chi connectivity index (χ3v) is 2.76. The van der Waals surface area contributed by atoms with Crippen molar-refractivity contribution in [2.75, 3.05) is 6.54 Å². The lowest BCUT2D eigenvalue weighted by molar-refractivity contribution is 0.242. The van der Waals surface area contributed by atoms with Crippen molar-refractivity contribution in [3.63, 3.8) is 0 Å². The van der Waals surface area contributed by atoms with Crippen LogP contribution in [0.5, 0.6) is 5.75 Å². The highest BCUT2D eigenvalue weighted by atomic mass is 16.5. The molecule has 2 nitrogen and oxygen atoms in total. The maximum atomic E-state index is 5.63. The van der Waals surface area contributed by atoms with Gasteiger partial charge in [-0.15, -0.1) is 0 Å². The highest BCUT2D eigenvalue weighted by Crippen LogP contribution is 2.15. The molecular formula is C15H25NO. The van der Waals surface area contributed by atoms with Gasteiger partial charge in [0.05, 0.1) is 6.10 Å². The lowest BCUT2D eigenvalue weighted by atomic mass is 10.0. The standard InChI is InChI=1S/C15H25NO/c1-5-14(16-6-2)11-13-7-9-15(10-8-13)17-12(3)4/h7-10,12,14,16H,5-6,11H2,1-4H3. The van der Waals surface area contributed by atoms with Crippen molar-refractivity contribution in [2.24, 2.45) is 0 Å². The summed E-state index contributed by atoms with van der Waals surface area (Å²) >= 11 is 0. The Morgan fingerprint density at radius 3 is 2.24 bits per heavy atom. The molecule has 1 atom stereocenters. The van der Waals surface area contributed by atoms with Crippen molar-refractivity contribution in [1.82, 2.24) is 5.32 Å². The quantitative estimate of drug-likeness (QED) is 0.782. The van der Waals surface area contributed by atoms with Crippen LogP contribution in [0.3, 0.4) is 0 Å². The first kappa shape index (κ1) is 14.0. The Hall–Kier alpha value is -1.02. The zero-order valence-corrected chi connectivity index (χ0v) is 11.5. The lowest BCUT2D eigenvalue weighted by Crippen LogP contribution is -2.30. The van der Waals surface area contributed by atoms with Crippen LogP contribution < -0.4 is 10.1 Å². The van der Waals surface area contributed by atoms with Gasteiger partial charge in [0.2, 0.25) is 0 Å². The second-order valence-electron chi connectivity index (χ2n) is 4.68. The van der Waals surface area contributed by atoms with E-state index in [4.69, 9.17) is 4.74 Å². The predicted octanol–water partition coefficient (Wildman–Crippen LogP) is 3.40. The SMILES string of the molecule is CCNC(CC)Cc1ccc(OC(C)C)cc1. The molecule has 2 heteroatoms. The van der Waals surface area contributed by atoms with Gasteiger partial charge in [0, 0.05) is 6.04 Å². The third-order valence-electron chi connectivity index (χ3n) is 2.76. The van der Waals surface area contributed by atoms with Crippen molar-refractivity contribution in [1.29, 1.82) is 0 Å². The van der Waals surface area contributed by atoms with E-state index in [0.717, 1.165) is 25.1 Å². The Morgan fingerprint density at radius 1 is 1.12 bits per heavy atom. The number of rotatable bonds is 7. The highest BCUT2D eigenvalue weighted by Gasteiger charge is 2.05. The smallest absolute Gasteiger partial charge is 0.119 e. The van der Waals surface area contributed by atoms with Gasteiger partial charge in [-0.05, 0) is 50.9 Å². The minimum Gasteiger partial charge on any atom is -0.491 e. The normalized spacial score (nSPS) is 12.8. The fourth-order valence-electron chi connectivity index (χ4n) is 1.91. The van der Waals surface area contributed by atoms with E-state index in [-0.39, 0.29) is 6.10 Å². The molecule has 0 aliphatic rings. The van der Waals surface area contributed by atoms with Gasteiger partial charge in [-0.25, -0.2) is 0 Å². The fourth-order valence-corrected chi connectivity index (χ4v) is 1.91. The third kappa shape index (κ3) is 5.22. The molecule has 0 heterocycles. The average Bonchev–Trinajstić information content (AvgIpc) is 2.30. The first-order valence-electron chi connectivity index (χ1n) is 6.64. The van der Waals surface area contributed by atoms with Gasteiger partial charge in [-0.1, -0.05) is 26.0 Å². The van der Waals surface area contributed by atoms with E-state index in [1.54, 1.807) is 0 Å². The van der Waals surface area contributed by atoms with Crippen LogP contribution in [0.4, 0.5) is 0 Å². The van der Waals surface area contributed by atoms with Crippen LogP contribution in [0.1, 0.15) is 39.7 Å². The second kappa shape index (κ2) is 7.33. The Morgan fingerprint density at radius 2 is 1.76 bits per heavy atom. The number of likely N-dealkylation sites (N-methyl/N-ethyl adjacent to an activating group) is 1. The lowest BCUT2D eigenvalue weighted by Gasteiger charge is -2.16. The number of nitrogens with one attached hydrogen (secondary N) is 1. The van der Waals surface area contributed by atoms with Gasteiger partial charge in [-0.3, -0.25) is 0 Å². The summed E-state index contributed by atoms with van der Waals surface area (Å²) in [6, 6.07) is 9.04. The van der Waals surface area contributed by atoms with E-state index >= 15 is 0 Å². The van der Waals surface area contributed by atoms with Crippen molar-refractivity contribution >= 4 is 0 Å². The molecule has 0 spiro atoms. The van der Waals surface area contributed by atoms with Crippen LogP contribution in [0.15, 0.2) is 24.3 Å². The summed E-state index contributed by atoms with van der Waals surface area (Å²) < 4.78 is 5.63. The molecule has 0 amide bonds. The number of hydrogen-bond donors (Lipinski definition) is 1. The molecule has 0 aromatic heterocycles. The average molecular weight is 235 g/mol. The molecule has 0 radical (unpaired) electrons. The second-order valence-corrected chi connectivity index (χ2v) is 4.68. The zero-order valence-electron chi connectivity index (χ0n) is 11.5. The molecule has 0 bridgehead atoms. The summed E-state index contributed by atoms with van der Waals surface area (Å²) in [6.07, 6.45) is 2.50. The van der Waals surface area contributed by atoms with Crippen molar-refractivity contribution < 1.29 is 4.74 Å². The van der Waals surface area contributed by atoms with Crippen LogP contribution in [0.2, 0.25) is 0 Å². The maximum Gasteiger partial charge on any atom is 0.119 e. The Balaban J connectivity index is 2.54. The van der Waals surface area contributed by atoms with Crippen molar-refractivity contribution in [3.05, 3.63) is 29.8 Å². The highest BCUT2D eigenvalue weighted by molar-refractivity contribution is 5.27. The molecule has 96 valence electrons. The summed E-state index contributed by atoms with van der Waals surface area (Å²) in [4.78, 5) is 0. The van der Waals surface area contributed by atoms with E-state index in [1.807, 2.05) is 13.8 Å². The Labute approximate surface area is 105 Å². The molecule has 1 N–H and O–H groups in total. The number of benzene rings is 1. The van der Waals surface area contributed by atoms with Crippen molar-refractivity contribution in [2.45, 2.75) is 52.7 Å². The molecule has 1 aromatic rings. The summed E-state index contributed by atoms with van der Waals surface area (Å²) in [5, 5.41) is 3.50. The van der Waals surface area contributed by atoms with Gasteiger partial charge in [0.1, 0.15) is 5.75 Å². The molecule has 0 saturated carbocycles. The topological polar surface area (TPSA) is 21.3 Å². The molecule has 17 heavy (non-hydrogen) atoms. The largest absolute Gasteiger partial charge is 0.491 e. The summed E-state index contributed by atoms with van der Waals surface area (Å²) in [5.41, 5.74) is 1.37. The number of ether oxygens (including phenoxy) is 1. The van der Waals surface area contributed by atoms with Crippen LogP contribution in [0, 0.1) is 0 Å². The van der Waals surface area contributed by atoms with Crippen LogP contribution in [0.25, 0.3) is 0 Å². The molecule has 1 rings (SSSR count). The van der Waals surface area contributed by atoms with E-state index < -0.39 is 0 Å². The van der Waals surface area contributed by atoms with Crippen LogP contribution in [-0.4, -0.2) is 18.7 Å².